The van der Waals surface area contributed by atoms with Crippen LogP contribution >= 0.6 is 0 Å². The van der Waals surface area contributed by atoms with Crippen LogP contribution in [-0.2, 0) is 22.9 Å². The molecule has 3 rings (SSSR count). The van der Waals surface area contributed by atoms with Gasteiger partial charge in [-0.25, -0.2) is 13.1 Å². The van der Waals surface area contributed by atoms with Gasteiger partial charge in [0.2, 0.25) is 10.0 Å². The zero-order valence-electron chi connectivity index (χ0n) is 16.1. The number of benzene rings is 2. The van der Waals surface area contributed by atoms with Crippen LogP contribution in [-0.4, -0.2) is 39.0 Å². The molecule has 0 saturated carbocycles. The van der Waals surface area contributed by atoms with Gasteiger partial charge in [0.05, 0.1) is 4.90 Å². The minimum atomic E-state index is -3.52. The molecule has 4 nitrogen and oxygen atoms in total. The van der Waals surface area contributed by atoms with E-state index in [4.69, 9.17) is 0 Å². The molecule has 1 aliphatic carbocycles. The van der Waals surface area contributed by atoms with Crippen LogP contribution < -0.4 is 4.72 Å². The summed E-state index contributed by atoms with van der Waals surface area (Å²) in [5, 5.41) is 2.00. The van der Waals surface area contributed by atoms with Crippen LogP contribution in [0.2, 0.25) is 0 Å². The molecular formula is C21H30N2O2S. The molecule has 0 aliphatic heterocycles. The fourth-order valence-corrected chi connectivity index (χ4v) is 5.48. The summed E-state index contributed by atoms with van der Waals surface area (Å²) in [5.41, 5.74) is 2.53. The van der Waals surface area contributed by atoms with Crippen LogP contribution in [0, 0.1) is 0 Å². The van der Waals surface area contributed by atoms with Crippen molar-refractivity contribution in [2.45, 2.75) is 57.4 Å². The van der Waals surface area contributed by atoms with E-state index in [9.17, 15) is 8.42 Å². The Balaban J connectivity index is 1.74. The second-order valence-electron chi connectivity index (χ2n) is 7.25. The Morgan fingerprint density at radius 1 is 1.08 bits per heavy atom. The first-order valence-corrected chi connectivity index (χ1v) is 11.2. The van der Waals surface area contributed by atoms with Gasteiger partial charge in [-0.3, -0.25) is 0 Å². The lowest BCUT2D eigenvalue weighted by molar-refractivity contribution is 0.293. The van der Waals surface area contributed by atoms with Crippen molar-refractivity contribution in [2.24, 2.45) is 0 Å². The Kier molecular flexibility index (Phi) is 6.00. The summed E-state index contributed by atoms with van der Waals surface area (Å²) in [7, 11) is -3.52. The third-order valence-corrected chi connectivity index (χ3v) is 7.14. The summed E-state index contributed by atoms with van der Waals surface area (Å²) in [4.78, 5) is 2.78. The van der Waals surface area contributed by atoms with Crippen LogP contribution in [0.1, 0.15) is 44.7 Å². The van der Waals surface area contributed by atoms with E-state index in [-0.39, 0.29) is 6.04 Å². The van der Waals surface area contributed by atoms with Gasteiger partial charge in [-0.15, -0.1) is 0 Å². The number of hydrogen-bond donors (Lipinski definition) is 1. The Hall–Kier alpha value is -1.43. The first-order chi connectivity index (χ1) is 12.5. The normalized spacial score (nSPS) is 15.1. The summed E-state index contributed by atoms with van der Waals surface area (Å²) in [6.07, 6.45) is 3.85. The molecule has 1 aliphatic rings. The maximum atomic E-state index is 13.0. The highest BCUT2D eigenvalue weighted by Gasteiger charge is 2.23. The molecular weight excluding hydrogens is 344 g/mol. The summed E-state index contributed by atoms with van der Waals surface area (Å²) < 4.78 is 28.9. The number of hydrogen-bond acceptors (Lipinski definition) is 3. The highest BCUT2D eigenvalue weighted by atomic mass is 32.2. The molecule has 0 heterocycles. The van der Waals surface area contributed by atoms with Crippen LogP contribution in [0.5, 0.6) is 0 Å². The SMILES string of the molecule is CCN(CC)CCC[C@@H](C)NS(=O)(=O)c1ccc2c3c(cccc13)CC2. The highest BCUT2D eigenvalue weighted by Crippen LogP contribution is 2.34. The zero-order chi connectivity index (χ0) is 18.7. The first-order valence-electron chi connectivity index (χ1n) is 9.74. The van der Waals surface area contributed by atoms with E-state index in [1.165, 1.54) is 11.1 Å². The molecule has 0 unspecified atom stereocenters. The molecule has 5 heteroatoms. The molecule has 0 aromatic heterocycles. The topological polar surface area (TPSA) is 49.4 Å². The van der Waals surface area contributed by atoms with E-state index in [2.05, 4.69) is 29.5 Å². The average Bonchev–Trinajstić information content (AvgIpc) is 3.04. The maximum Gasteiger partial charge on any atom is 0.241 e. The molecule has 26 heavy (non-hydrogen) atoms. The van der Waals surface area contributed by atoms with Crippen LogP contribution in [0.4, 0.5) is 0 Å². The molecule has 0 radical (unpaired) electrons. The van der Waals surface area contributed by atoms with E-state index in [0.717, 1.165) is 56.1 Å². The number of nitrogens with zero attached hydrogens (tertiary/aromatic N) is 1. The quantitative estimate of drug-likeness (QED) is 0.728. The van der Waals surface area contributed by atoms with Crippen molar-refractivity contribution in [1.82, 2.24) is 9.62 Å². The summed E-state index contributed by atoms with van der Waals surface area (Å²) in [5.74, 6) is 0. The Morgan fingerprint density at radius 3 is 2.46 bits per heavy atom. The van der Waals surface area contributed by atoms with E-state index in [1.807, 2.05) is 25.1 Å². The number of rotatable bonds is 9. The van der Waals surface area contributed by atoms with Gasteiger partial charge in [0.25, 0.3) is 0 Å². The standard InChI is InChI=1S/C21H30N2O2S/c1-4-23(5-2)15-7-8-16(3)22-26(24,25)20-14-13-18-12-11-17-9-6-10-19(20)21(17)18/h6,9-10,13-14,16,22H,4-5,7-8,11-12,15H2,1-3H3/t16-/m1/s1. The lowest BCUT2D eigenvalue weighted by atomic mass is 10.1. The van der Waals surface area contributed by atoms with Gasteiger partial charge in [0, 0.05) is 11.4 Å². The van der Waals surface area contributed by atoms with Gasteiger partial charge >= 0.3 is 0 Å². The lowest BCUT2D eigenvalue weighted by Gasteiger charge is -2.20. The van der Waals surface area contributed by atoms with Crippen molar-refractivity contribution in [3.63, 3.8) is 0 Å². The van der Waals surface area contributed by atoms with E-state index >= 15 is 0 Å². The van der Waals surface area contributed by atoms with Crippen molar-refractivity contribution >= 4 is 20.8 Å². The monoisotopic (exact) mass is 374 g/mol. The van der Waals surface area contributed by atoms with Crippen molar-refractivity contribution < 1.29 is 8.42 Å². The van der Waals surface area contributed by atoms with Crippen molar-refractivity contribution in [3.05, 3.63) is 41.5 Å². The molecule has 1 N–H and O–H groups in total. The lowest BCUT2D eigenvalue weighted by Crippen LogP contribution is -2.33. The Morgan fingerprint density at radius 2 is 1.77 bits per heavy atom. The van der Waals surface area contributed by atoms with Crippen LogP contribution in [0.25, 0.3) is 10.8 Å². The van der Waals surface area contributed by atoms with E-state index in [0.29, 0.717) is 4.90 Å². The molecule has 0 amide bonds. The Labute approximate surface area is 157 Å². The van der Waals surface area contributed by atoms with Gasteiger partial charge in [0.1, 0.15) is 0 Å². The molecule has 0 bridgehead atoms. The van der Waals surface area contributed by atoms with Gasteiger partial charge < -0.3 is 4.90 Å². The van der Waals surface area contributed by atoms with Gasteiger partial charge in [-0.05, 0) is 74.8 Å². The van der Waals surface area contributed by atoms with E-state index < -0.39 is 10.0 Å². The first kappa shape index (κ1) is 19.3. The maximum absolute atomic E-state index is 13.0. The predicted octanol–water partition coefficient (Wildman–Crippen LogP) is 3.73. The highest BCUT2D eigenvalue weighted by molar-refractivity contribution is 7.89. The zero-order valence-corrected chi connectivity index (χ0v) is 16.9. The second-order valence-corrected chi connectivity index (χ2v) is 8.94. The number of aryl methyl sites for hydroxylation is 2. The van der Waals surface area contributed by atoms with Crippen molar-refractivity contribution in [1.29, 1.82) is 0 Å². The van der Waals surface area contributed by atoms with Gasteiger partial charge in [0.15, 0.2) is 0 Å². The van der Waals surface area contributed by atoms with E-state index in [1.54, 1.807) is 6.07 Å². The average molecular weight is 375 g/mol. The molecule has 0 fully saturated rings. The summed E-state index contributed by atoms with van der Waals surface area (Å²) in [6.45, 7) is 9.37. The second kappa shape index (κ2) is 8.07. The molecule has 1 atom stereocenters. The van der Waals surface area contributed by atoms with Gasteiger partial charge in [-0.2, -0.15) is 0 Å². The fraction of sp³-hybridized carbons (Fsp3) is 0.524. The summed E-state index contributed by atoms with van der Waals surface area (Å²) >= 11 is 0. The largest absolute Gasteiger partial charge is 0.304 e. The molecule has 0 saturated heterocycles. The molecule has 142 valence electrons. The van der Waals surface area contributed by atoms with Gasteiger partial charge in [-0.1, -0.05) is 38.1 Å². The van der Waals surface area contributed by atoms with Crippen LogP contribution in [0.3, 0.4) is 0 Å². The van der Waals surface area contributed by atoms with Crippen molar-refractivity contribution in [2.75, 3.05) is 19.6 Å². The minimum Gasteiger partial charge on any atom is -0.304 e. The predicted molar refractivity (Wildman–Crippen MR) is 108 cm³/mol. The number of sulfonamides is 1. The summed E-state index contributed by atoms with van der Waals surface area (Å²) in [6, 6.07) is 9.71. The molecule has 0 spiro atoms. The van der Waals surface area contributed by atoms with Crippen molar-refractivity contribution in [3.8, 4) is 0 Å². The molecule has 2 aromatic carbocycles. The van der Waals surface area contributed by atoms with Crippen LogP contribution in [0.15, 0.2) is 35.2 Å². The third-order valence-electron chi connectivity index (χ3n) is 5.49. The number of nitrogens with one attached hydrogen (secondary N) is 1. The third kappa shape index (κ3) is 3.95. The Bertz CT molecular complexity index is 863. The smallest absolute Gasteiger partial charge is 0.241 e. The molecule has 2 aromatic rings. The fourth-order valence-electron chi connectivity index (χ4n) is 4.00. The minimum absolute atomic E-state index is 0.0707.